The second-order valence-electron chi connectivity index (χ2n) is 5.27. The van der Waals surface area contributed by atoms with Crippen molar-refractivity contribution < 1.29 is 9.53 Å². The summed E-state index contributed by atoms with van der Waals surface area (Å²) in [6.45, 7) is 4.49. The average Bonchev–Trinajstić information content (AvgIpc) is 2.56. The van der Waals surface area contributed by atoms with E-state index in [4.69, 9.17) is 4.74 Å². The number of carbonyl (C=O) groups excluding carboxylic acids is 1. The molecule has 6 nitrogen and oxygen atoms in total. The zero-order chi connectivity index (χ0) is 17.0. The van der Waals surface area contributed by atoms with Gasteiger partial charge in [-0.05, 0) is 37.6 Å². The molecule has 1 aromatic heterocycles. The summed E-state index contributed by atoms with van der Waals surface area (Å²) >= 11 is 0. The molecule has 0 aliphatic rings. The molecule has 0 unspecified atom stereocenters. The van der Waals surface area contributed by atoms with Crippen LogP contribution in [0.4, 0.5) is 0 Å². The molecular formula is C17H21N3O3. The summed E-state index contributed by atoms with van der Waals surface area (Å²) in [7, 11) is 3.24. The zero-order valence-electron chi connectivity index (χ0n) is 13.8. The minimum absolute atomic E-state index is 0.128. The predicted molar refractivity (Wildman–Crippen MR) is 87.6 cm³/mol. The highest BCUT2D eigenvalue weighted by molar-refractivity contribution is 5.92. The van der Waals surface area contributed by atoms with Crippen LogP contribution < -0.4 is 10.3 Å². The molecule has 0 aliphatic heterocycles. The Kier molecular flexibility index (Phi) is 5.16. The van der Waals surface area contributed by atoms with E-state index in [1.54, 1.807) is 11.9 Å². The molecule has 6 heteroatoms. The minimum atomic E-state index is -0.247. The molecule has 122 valence electrons. The Hall–Kier alpha value is -2.63. The van der Waals surface area contributed by atoms with Crippen molar-refractivity contribution in [1.82, 2.24) is 14.7 Å². The number of carbonyl (C=O) groups is 1. The van der Waals surface area contributed by atoms with E-state index in [9.17, 15) is 9.59 Å². The number of nitrogens with zero attached hydrogens (tertiary/aromatic N) is 3. The third-order valence-electron chi connectivity index (χ3n) is 3.75. The number of hydrogen-bond acceptors (Lipinski definition) is 4. The summed E-state index contributed by atoms with van der Waals surface area (Å²) in [4.78, 5) is 25.5. The van der Waals surface area contributed by atoms with E-state index in [2.05, 4.69) is 5.10 Å². The van der Waals surface area contributed by atoms with Crippen LogP contribution in [0.3, 0.4) is 0 Å². The van der Waals surface area contributed by atoms with E-state index in [0.29, 0.717) is 6.61 Å². The average molecular weight is 315 g/mol. The van der Waals surface area contributed by atoms with Crippen LogP contribution in [0, 0.1) is 0 Å². The highest BCUT2D eigenvalue weighted by Crippen LogP contribution is 2.22. The lowest BCUT2D eigenvalue weighted by atomic mass is 10.1. The second-order valence-corrected chi connectivity index (χ2v) is 5.27. The van der Waals surface area contributed by atoms with Crippen LogP contribution in [0.1, 0.15) is 35.9 Å². The van der Waals surface area contributed by atoms with E-state index >= 15 is 0 Å². The third kappa shape index (κ3) is 3.77. The first kappa shape index (κ1) is 16.7. The van der Waals surface area contributed by atoms with Gasteiger partial charge >= 0.3 is 0 Å². The molecule has 0 radical (unpaired) electrons. The molecule has 0 bridgehead atoms. The standard InChI is InChI=1S/C17H21N3O3/c1-5-23-14-8-6-13(7-9-14)12(2)19(3)17(22)15-10-11-16(21)20(4)18-15/h6-12H,5H2,1-4H3/t12-/m1/s1. The smallest absolute Gasteiger partial charge is 0.274 e. The lowest BCUT2D eigenvalue weighted by Crippen LogP contribution is -2.32. The zero-order valence-corrected chi connectivity index (χ0v) is 13.8. The molecule has 0 N–H and O–H groups in total. The van der Waals surface area contributed by atoms with Gasteiger partial charge < -0.3 is 9.64 Å². The van der Waals surface area contributed by atoms with Crippen LogP contribution in [0.2, 0.25) is 0 Å². The highest BCUT2D eigenvalue weighted by atomic mass is 16.5. The molecule has 0 spiro atoms. The first-order chi connectivity index (χ1) is 10.9. The number of benzene rings is 1. The van der Waals surface area contributed by atoms with E-state index in [1.165, 1.54) is 19.2 Å². The van der Waals surface area contributed by atoms with Gasteiger partial charge in [-0.25, -0.2) is 4.68 Å². The Labute approximate surface area is 135 Å². The Bertz CT molecular complexity index is 737. The van der Waals surface area contributed by atoms with E-state index in [-0.39, 0.29) is 23.2 Å². The fourth-order valence-corrected chi connectivity index (χ4v) is 2.21. The maximum Gasteiger partial charge on any atom is 0.274 e. The van der Waals surface area contributed by atoms with Crippen molar-refractivity contribution in [2.45, 2.75) is 19.9 Å². The van der Waals surface area contributed by atoms with Crippen molar-refractivity contribution in [3.05, 3.63) is 58.0 Å². The molecule has 0 saturated carbocycles. The van der Waals surface area contributed by atoms with Crippen LogP contribution in [0.25, 0.3) is 0 Å². The van der Waals surface area contributed by atoms with Crippen molar-refractivity contribution in [2.24, 2.45) is 7.05 Å². The first-order valence-electron chi connectivity index (χ1n) is 7.48. The van der Waals surface area contributed by atoms with Gasteiger partial charge in [0.2, 0.25) is 0 Å². The Balaban J connectivity index is 2.17. The largest absolute Gasteiger partial charge is 0.494 e. The Morgan fingerprint density at radius 3 is 2.48 bits per heavy atom. The summed E-state index contributed by atoms with van der Waals surface area (Å²) in [6, 6.07) is 10.3. The number of ether oxygens (including phenoxy) is 1. The molecule has 1 aromatic carbocycles. The number of hydrogen-bond donors (Lipinski definition) is 0. The van der Waals surface area contributed by atoms with Gasteiger partial charge in [-0.15, -0.1) is 0 Å². The Morgan fingerprint density at radius 1 is 1.26 bits per heavy atom. The van der Waals surface area contributed by atoms with Gasteiger partial charge in [0, 0.05) is 20.2 Å². The maximum absolute atomic E-state index is 12.5. The normalized spacial score (nSPS) is 11.8. The van der Waals surface area contributed by atoms with Crippen molar-refractivity contribution in [3.8, 4) is 5.75 Å². The van der Waals surface area contributed by atoms with Crippen LogP contribution in [0.5, 0.6) is 5.75 Å². The van der Waals surface area contributed by atoms with Gasteiger partial charge in [0.05, 0.1) is 12.6 Å². The lowest BCUT2D eigenvalue weighted by Gasteiger charge is -2.25. The van der Waals surface area contributed by atoms with Gasteiger partial charge in [-0.2, -0.15) is 5.10 Å². The molecule has 1 heterocycles. The number of amides is 1. The molecule has 23 heavy (non-hydrogen) atoms. The SMILES string of the molecule is CCOc1ccc([C@@H](C)N(C)C(=O)c2ccc(=O)n(C)n2)cc1. The predicted octanol–water partition coefficient (Wildman–Crippen LogP) is 2.01. The van der Waals surface area contributed by atoms with Gasteiger partial charge in [-0.1, -0.05) is 12.1 Å². The molecule has 0 fully saturated rings. The second kappa shape index (κ2) is 7.09. The monoisotopic (exact) mass is 315 g/mol. The first-order valence-corrected chi connectivity index (χ1v) is 7.48. The van der Waals surface area contributed by atoms with Gasteiger partial charge in [0.15, 0.2) is 0 Å². The molecule has 2 aromatic rings. The van der Waals surface area contributed by atoms with Gasteiger partial charge in [-0.3, -0.25) is 9.59 Å². The van der Waals surface area contributed by atoms with Gasteiger partial charge in [0.1, 0.15) is 11.4 Å². The van der Waals surface area contributed by atoms with E-state index < -0.39 is 0 Å². The third-order valence-corrected chi connectivity index (χ3v) is 3.75. The molecule has 0 saturated heterocycles. The van der Waals surface area contributed by atoms with Crippen LogP contribution >= 0.6 is 0 Å². The topological polar surface area (TPSA) is 64.4 Å². The number of rotatable bonds is 5. The van der Waals surface area contributed by atoms with Crippen molar-refractivity contribution in [2.75, 3.05) is 13.7 Å². The fraction of sp³-hybridized carbons (Fsp3) is 0.353. The van der Waals surface area contributed by atoms with Gasteiger partial charge in [0.25, 0.3) is 11.5 Å². The summed E-state index contributed by atoms with van der Waals surface area (Å²) in [5.41, 5.74) is 0.991. The summed E-state index contributed by atoms with van der Waals surface area (Å²) in [5.74, 6) is 0.569. The van der Waals surface area contributed by atoms with Crippen LogP contribution in [-0.4, -0.2) is 34.2 Å². The van der Waals surface area contributed by atoms with Crippen LogP contribution in [0.15, 0.2) is 41.2 Å². The lowest BCUT2D eigenvalue weighted by molar-refractivity contribution is 0.0734. The maximum atomic E-state index is 12.5. The van der Waals surface area contributed by atoms with E-state index in [1.807, 2.05) is 38.1 Å². The summed E-state index contributed by atoms with van der Waals surface area (Å²) < 4.78 is 6.57. The van der Waals surface area contributed by atoms with Crippen molar-refractivity contribution in [3.63, 3.8) is 0 Å². The summed E-state index contributed by atoms with van der Waals surface area (Å²) in [6.07, 6.45) is 0. The summed E-state index contributed by atoms with van der Waals surface area (Å²) in [5, 5.41) is 4.00. The Morgan fingerprint density at radius 2 is 1.91 bits per heavy atom. The number of aromatic nitrogens is 2. The quantitative estimate of drug-likeness (QED) is 0.846. The molecule has 2 rings (SSSR count). The van der Waals surface area contributed by atoms with Crippen molar-refractivity contribution >= 4 is 5.91 Å². The highest BCUT2D eigenvalue weighted by Gasteiger charge is 2.20. The van der Waals surface area contributed by atoms with Crippen molar-refractivity contribution in [1.29, 1.82) is 0 Å². The fourth-order valence-electron chi connectivity index (χ4n) is 2.21. The molecular weight excluding hydrogens is 294 g/mol. The molecule has 0 aliphatic carbocycles. The van der Waals surface area contributed by atoms with Crippen LogP contribution in [-0.2, 0) is 7.05 Å². The number of aryl methyl sites for hydroxylation is 1. The molecule has 1 amide bonds. The van der Waals surface area contributed by atoms with E-state index in [0.717, 1.165) is 16.0 Å². The minimum Gasteiger partial charge on any atom is -0.494 e. The molecule has 1 atom stereocenters.